The van der Waals surface area contributed by atoms with E-state index < -0.39 is 0 Å². The average Bonchev–Trinajstić information content (AvgIpc) is 2.80. The number of hydrogen-bond acceptors (Lipinski definition) is 5. The van der Waals surface area contributed by atoms with Gasteiger partial charge in [0.15, 0.2) is 0 Å². The quantitative estimate of drug-likeness (QED) is 0.223. The number of piperidine rings is 1. The van der Waals surface area contributed by atoms with Gasteiger partial charge in [-0.2, -0.15) is 0 Å². The summed E-state index contributed by atoms with van der Waals surface area (Å²) < 4.78 is 1.76. The molecule has 0 bridgehead atoms. The van der Waals surface area contributed by atoms with Crippen LogP contribution in [0, 0.1) is 5.41 Å². The van der Waals surface area contributed by atoms with E-state index in [1.807, 2.05) is 24.3 Å². The van der Waals surface area contributed by atoms with Crippen LogP contribution < -0.4 is 16.6 Å². The third kappa shape index (κ3) is 5.14. The van der Waals surface area contributed by atoms with Gasteiger partial charge in [0.25, 0.3) is 5.56 Å². The van der Waals surface area contributed by atoms with E-state index in [4.69, 9.17) is 11.1 Å². The molecule has 5 N–H and O–H groups in total. The van der Waals surface area contributed by atoms with E-state index in [0.717, 1.165) is 31.2 Å². The zero-order valence-corrected chi connectivity index (χ0v) is 20.1. The number of phenolic OH excluding ortho intramolecular Hbond substituents is 1. The van der Waals surface area contributed by atoms with Gasteiger partial charge in [0.1, 0.15) is 17.3 Å². The molecule has 1 aliphatic heterocycles. The first-order valence-corrected chi connectivity index (χ1v) is 12.2. The molecule has 1 saturated heterocycles. The Morgan fingerprint density at radius 3 is 2.82 bits per heavy atom. The molecule has 1 aliphatic rings. The van der Waals surface area contributed by atoms with E-state index in [1.165, 1.54) is 25.3 Å². The second kappa shape index (κ2) is 9.97. The molecular weight excluding hydrogens is 426 g/mol. The van der Waals surface area contributed by atoms with Crippen LogP contribution in [0.15, 0.2) is 47.3 Å². The summed E-state index contributed by atoms with van der Waals surface area (Å²) in [6.45, 7) is 5.18. The second-order valence-corrected chi connectivity index (χ2v) is 9.86. The molecule has 34 heavy (non-hydrogen) atoms. The summed E-state index contributed by atoms with van der Waals surface area (Å²) in [6, 6.07) is 12.7. The lowest BCUT2D eigenvalue weighted by atomic mass is 9.84. The van der Waals surface area contributed by atoms with Gasteiger partial charge in [-0.05, 0) is 69.9 Å². The van der Waals surface area contributed by atoms with E-state index in [0.29, 0.717) is 29.2 Å². The van der Waals surface area contributed by atoms with Crippen molar-refractivity contribution in [2.75, 3.05) is 0 Å². The lowest BCUT2D eigenvalue weighted by molar-refractivity contribution is 0.214. The van der Waals surface area contributed by atoms with Crippen molar-refractivity contribution in [3.05, 3.63) is 58.4 Å². The van der Waals surface area contributed by atoms with Crippen molar-refractivity contribution >= 4 is 16.9 Å². The Morgan fingerprint density at radius 1 is 1.26 bits per heavy atom. The molecule has 7 nitrogen and oxygen atoms in total. The Morgan fingerprint density at radius 2 is 2.06 bits per heavy atom. The summed E-state index contributed by atoms with van der Waals surface area (Å²) in [5, 5.41) is 21.9. The first-order chi connectivity index (χ1) is 16.3. The van der Waals surface area contributed by atoms with E-state index in [1.54, 1.807) is 16.7 Å². The first-order valence-electron chi connectivity index (χ1n) is 12.2. The largest absolute Gasteiger partial charge is 0.507 e. The molecule has 0 radical (unpaired) electrons. The van der Waals surface area contributed by atoms with Crippen molar-refractivity contribution in [3.63, 3.8) is 0 Å². The second-order valence-electron chi connectivity index (χ2n) is 9.86. The molecule has 4 rings (SSSR count). The Bertz CT molecular complexity index is 1250. The third-order valence-corrected chi connectivity index (χ3v) is 6.99. The lowest BCUT2D eigenvalue weighted by Gasteiger charge is -2.39. The number of aromatic nitrogens is 2. The van der Waals surface area contributed by atoms with Crippen molar-refractivity contribution < 1.29 is 5.11 Å². The fraction of sp³-hybridized carbons (Fsp3) is 0.444. The van der Waals surface area contributed by atoms with Gasteiger partial charge in [0, 0.05) is 29.3 Å². The summed E-state index contributed by atoms with van der Waals surface area (Å²) in [4.78, 5) is 18.1. The number of nitrogens with zero attached hydrogens (tertiary/aromatic N) is 2. The minimum absolute atomic E-state index is 0.0566. The zero-order valence-electron chi connectivity index (χ0n) is 20.1. The number of hydrogen-bond donors (Lipinski definition) is 4. The molecular formula is C27H35N5O2. The van der Waals surface area contributed by atoms with Crippen molar-refractivity contribution in [1.29, 1.82) is 5.41 Å². The van der Waals surface area contributed by atoms with Gasteiger partial charge < -0.3 is 20.7 Å². The zero-order chi connectivity index (χ0) is 24.3. The Hall–Kier alpha value is -3.19. The third-order valence-electron chi connectivity index (χ3n) is 6.99. The molecule has 180 valence electrons. The molecule has 1 fully saturated rings. The molecule has 0 saturated carbocycles. The molecule has 0 spiro atoms. The van der Waals surface area contributed by atoms with Crippen molar-refractivity contribution in [1.82, 2.24) is 14.9 Å². The van der Waals surface area contributed by atoms with E-state index >= 15 is 0 Å². The lowest BCUT2D eigenvalue weighted by Crippen LogP contribution is -2.50. The van der Waals surface area contributed by atoms with Crippen molar-refractivity contribution in [3.8, 4) is 17.0 Å². The number of aryl methyl sites for hydroxylation is 1. The highest BCUT2D eigenvalue weighted by atomic mass is 16.3. The molecule has 0 unspecified atom stereocenters. The van der Waals surface area contributed by atoms with Gasteiger partial charge in [-0.3, -0.25) is 10.2 Å². The first kappa shape index (κ1) is 24.0. The van der Waals surface area contributed by atoms with Crippen LogP contribution in [0.3, 0.4) is 0 Å². The molecule has 2 aromatic carbocycles. The van der Waals surface area contributed by atoms with Crippen LogP contribution in [-0.4, -0.2) is 32.1 Å². The SMILES string of the molecule is C[C@H]1CCC[C@@](C)(CCCCCn2c(=O)c(-c3cc(C(=N)N)ccc3O)nc3ccccc32)N1. The average molecular weight is 462 g/mol. The Kier molecular flexibility index (Phi) is 7.03. The molecule has 3 aromatic rings. The summed E-state index contributed by atoms with van der Waals surface area (Å²) in [5.41, 5.74) is 7.98. The van der Waals surface area contributed by atoms with Crippen LogP contribution in [0.25, 0.3) is 22.3 Å². The number of unbranched alkanes of at least 4 members (excludes halogenated alkanes) is 2. The van der Waals surface area contributed by atoms with Crippen LogP contribution >= 0.6 is 0 Å². The number of amidine groups is 1. The fourth-order valence-corrected chi connectivity index (χ4v) is 5.18. The van der Waals surface area contributed by atoms with E-state index in [9.17, 15) is 9.90 Å². The number of nitrogen functional groups attached to an aromatic ring is 1. The molecule has 0 aliphatic carbocycles. The van der Waals surface area contributed by atoms with Crippen molar-refractivity contribution in [2.24, 2.45) is 5.73 Å². The van der Waals surface area contributed by atoms with Crippen LogP contribution in [0.4, 0.5) is 0 Å². The summed E-state index contributed by atoms with van der Waals surface area (Å²) in [5.74, 6) is -0.184. The summed E-state index contributed by atoms with van der Waals surface area (Å²) in [6.07, 6.45) is 7.93. The van der Waals surface area contributed by atoms with Crippen molar-refractivity contribution in [2.45, 2.75) is 76.9 Å². The highest BCUT2D eigenvalue weighted by Crippen LogP contribution is 2.29. The standard InChI is InChI=1S/C27H35N5O2/c1-18-9-8-15-27(2,31-18)14-6-3-7-16-32-22-11-5-4-10-21(22)30-24(26(32)34)20-17-19(25(28)29)12-13-23(20)33/h4-5,10-13,17-18,31,33H,3,6-9,14-16H2,1-2H3,(H3,28,29)/t18-,27+/m0/s1. The monoisotopic (exact) mass is 461 g/mol. The molecule has 1 aromatic heterocycles. The Balaban J connectivity index is 1.56. The van der Waals surface area contributed by atoms with Gasteiger partial charge in [-0.25, -0.2) is 4.98 Å². The number of benzene rings is 2. The predicted molar refractivity (Wildman–Crippen MR) is 137 cm³/mol. The molecule has 2 heterocycles. The maximum Gasteiger partial charge on any atom is 0.277 e. The van der Waals surface area contributed by atoms with Gasteiger partial charge in [0.05, 0.1) is 11.0 Å². The van der Waals surface area contributed by atoms with Crippen LogP contribution in [0.1, 0.15) is 64.4 Å². The molecule has 2 atom stereocenters. The topological polar surface area (TPSA) is 117 Å². The summed E-state index contributed by atoms with van der Waals surface area (Å²) >= 11 is 0. The van der Waals surface area contributed by atoms with E-state index in [-0.39, 0.29) is 28.4 Å². The highest BCUT2D eigenvalue weighted by molar-refractivity contribution is 5.96. The molecule has 0 amide bonds. The number of para-hydroxylation sites is 2. The summed E-state index contributed by atoms with van der Waals surface area (Å²) in [7, 11) is 0. The van der Waals surface area contributed by atoms with Crippen LogP contribution in [0.2, 0.25) is 0 Å². The van der Waals surface area contributed by atoms with Gasteiger partial charge in [-0.1, -0.05) is 31.4 Å². The normalized spacial score (nSPS) is 20.5. The maximum atomic E-state index is 13.5. The van der Waals surface area contributed by atoms with Gasteiger partial charge in [-0.15, -0.1) is 0 Å². The van der Waals surface area contributed by atoms with Crippen LogP contribution in [0.5, 0.6) is 5.75 Å². The number of nitrogens with two attached hydrogens (primary N) is 1. The van der Waals surface area contributed by atoms with Crippen LogP contribution in [-0.2, 0) is 6.54 Å². The number of rotatable bonds is 8. The number of phenols is 1. The predicted octanol–water partition coefficient (Wildman–Crippen LogP) is 4.53. The fourth-order valence-electron chi connectivity index (χ4n) is 5.18. The maximum absolute atomic E-state index is 13.5. The van der Waals surface area contributed by atoms with E-state index in [2.05, 4.69) is 24.1 Å². The van der Waals surface area contributed by atoms with Gasteiger partial charge >= 0.3 is 0 Å². The minimum Gasteiger partial charge on any atom is -0.507 e. The number of fused-ring (bicyclic) bond motifs is 1. The highest BCUT2D eigenvalue weighted by Gasteiger charge is 2.28. The van der Waals surface area contributed by atoms with Gasteiger partial charge in [0.2, 0.25) is 0 Å². The number of nitrogens with one attached hydrogen (secondary N) is 2. The minimum atomic E-state index is -0.246. The smallest absolute Gasteiger partial charge is 0.277 e. The Labute approximate surface area is 200 Å². The molecule has 7 heteroatoms. The number of aromatic hydroxyl groups is 1.